The topological polar surface area (TPSA) is 78.4 Å². The number of halogens is 5. The number of nitrogens with one attached hydrogen (secondary N) is 1. The van der Waals surface area contributed by atoms with Crippen LogP contribution in [0.4, 0.5) is 32.6 Å². The fourth-order valence-electron chi connectivity index (χ4n) is 2.29. The van der Waals surface area contributed by atoms with Crippen LogP contribution in [0.1, 0.15) is 18.2 Å². The van der Waals surface area contributed by atoms with E-state index in [1.54, 1.807) is 0 Å². The minimum absolute atomic E-state index is 0.0286. The molecule has 1 aromatic carbocycles. The van der Waals surface area contributed by atoms with E-state index < -0.39 is 36.5 Å². The average molecular weight is 404 g/mol. The molecule has 11 heteroatoms. The van der Waals surface area contributed by atoms with Crippen molar-refractivity contribution >= 4 is 11.8 Å². The molecular weight excluding hydrogens is 387 g/mol. The summed E-state index contributed by atoms with van der Waals surface area (Å²) >= 11 is 0. The molecule has 0 aliphatic rings. The molecule has 1 unspecified atom stereocenters. The van der Waals surface area contributed by atoms with Crippen molar-refractivity contribution in [2.75, 3.05) is 18.4 Å². The van der Waals surface area contributed by atoms with Gasteiger partial charge < -0.3 is 10.0 Å². The van der Waals surface area contributed by atoms with Crippen molar-refractivity contribution in [2.45, 2.75) is 25.6 Å². The molecule has 0 spiro atoms. The first kappa shape index (κ1) is 21.5. The van der Waals surface area contributed by atoms with E-state index in [-0.39, 0.29) is 18.8 Å². The van der Waals surface area contributed by atoms with Crippen molar-refractivity contribution in [3.05, 3.63) is 53.5 Å². The number of aliphatic hydroxyl groups is 1. The number of hydrogen-bond donors (Lipinski definition) is 2. The van der Waals surface area contributed by atoms with E-state index in [1.807, 2.05) is 0 Å². The summed E-state index contributed by atoms with van der Waals surface area (Å²) in [6, 6.07) is 2.14. The SMILES string of the molecule is CCN(CC(O)C(F)(F)F)C(=O)Nc1cnc(Cc2cc(F)cc(F)c2)cn1. The molecule has 0 bridgehead atoms. The highest BCUT2D eigenvalue weighted by Gasteiger charge is 2.39. The third-order valence-corrected chi connectivity index (χ3v) is 3.69. The van der Waals surface area contributed by atoms with E-state index >= 15 is 0 Å². The molecule has 0 fully saturated rings. The van der Waals surface area contributed by atoms with E-state index in [0.29, 0.717) is 11.3 Å². The summed E-state index contributed by atoms with van der Waals surface area (Å²) in [5, 5.41) is 11.4. The van der Waals surface area contributed by atoms with Crippen molar-refractivity contribution in [1.82, 2.24) is 14.9 Å². The van der Waals surface area contributed by atoms with Gasteiger partial charge in [-0.2, -0.15) is 13.2 Å². The van der Waals surface area contributed by atoms with Gasteiger partial charge in [0.15, 0.2) is 11.9 Å². The monoisotopic (exact) mass is 404 g/mol. The maximum atomic E-state index is 13.2. The number of benzene rings is 1. The van der Waals surface area contributed by atoms with Crippen molar-refractivity contribution in [2.24, 2.45) is 0 Å². The number of urea groups is 1. The van der Waals surface area contributed by atoms with Gasteiger partial charge in [0.1, 0.15) is 11.6 Å². The molecule has 0 saturated heterocycles. The second kappa shape index (κ2) is 8.91. The van der Waals surface area contributed by atoms with Crippen LogP contribution >= 0.6 is 0 Å². The molecule has 28 heavy (non-hydrogen) atoms. The van der Waals surface area contributed by atoms with Crippen LogP contribution < -0.4 is 5.32 Å². The Morgan fingerprint density at radius 2 is 1.82 bits per heavy atom. The summed E-state index contributed by atoms with van der Waals surface area (Å²) in [6.45, 7) is 0.452. The summed E-state index contributed by atoms with van der Waals surface area (Å²) < 4.78 is 63.7. The molecule has 1 heterocycles. The largest absolute Gasteiger partial charge is 0.416 e. The van der Waals surface area contributed by atoms with Gasteiger partial charge in [-0.15, -0.1) is 0 Å². The van der Waals surface area contributed by atoms with Crippen LogP contribution in [0.15, 0.2) is 30.6 Å². The highest BCUT2D eigenvalue weighted by atomic mass is 19.4. The third-order valence-electron chi connectivity index (χ3n) is 3.69. The highest BCUT2D eigenvalue weighted by Crippen LogP contribution is 2.21. The Bertz CT molecular complexity index is 794. The number of anilines is 1. The predicted molar refractivity (Wildman–Crippen MR) is 89.5 cm³/mol. The summed E-state index contributed by atoms with van der Waals surface area (Å²) in [5.74, 6) is -1.49. The average Bonchev–Trinajstić information content (AvgIpc) is 2.59. The van der Waals surface area contributed by atoms with E-state index in [4.69, 9.17) is 5.11 Å². The number of carbonyl (C=O) groups excluding carboxylic acids is 1. The van der Waals surface area contributed by atoms with Crippen LogP contribution in [0.3, 0.4) is 0 Å². The molecule has 0 radical (unpaired) electrons. The fraction of sp³-hybridized carbons (Fsp3) is 0.353. The lowest BCUT2D eigenvalue weighted by molar-refractivity contribution is -0.206. The van der Waals surface area contributed by atoms with E-state index in [0.717, 1.165) is 29.3 Å². The molecule has 2 N–H and O–H groups in total. The number of aliphatic hydroxyl groups excluding tert-OH is 1. The molecule has 1 atom stereocenters. The number of amides is 2. The van der Waals surface area contributed by atoms with Crippen LogP contribution in [-0.4, -0.2) is 51.4 Å². The van der Waals surface area contributed by atoms with Gasteiger partial charge in [-0.3, -0.25) is 10.3 Å². The van der Waals surface area contributed by atoms with Gasteiger partial charge in [0.25, 0.3) is 0 Å². The molecule has 2 amide bonds. The third kappa shape index (κ3) is 6.12. The summed E-state index contributed by atoms with van der Waals surface area (Å²) in [5.41, 5.74) is 0.699. The quantitative estimate of drug-likeness (QED) is 0.726. The predicted octanol–water partition coefficient (Wildman–Crippen LogP) is 3.12. The number of alkyl halides is 3. The van der Waals surface area contributed by atoms with Gasteiger partial charge in [0, 0.05) is 19.0 Å². The molecule has 2 aromatic rings. The van der Waals surface area contributed by atoms with Crippen molar-refractivity contribution in [1.29, 1.82) is 0 Å². The summed E-state index contributed by atoms with van der Waals surface area (Å²) in [6.07, 6.45) is -4.99. The number of aromatic nitrogens is 2. The van der Waals surface area contributed by atoms with Crippen LogP contribution in [-0.2, 0) is 6.42 Å². The minimum atomic E-state index is -4.84. The van der Waals surface area contributed by atoms with Gasteiger partial charge >= 0.3 is 12.2 Å². The zero-order valence-corrected chi connectivity index (χ0v) is 14.7. The van der Waals surface area contributed by atoms with E-state index in [2.05, 4.69) is 15.3 Å². The van der Waals surface area contributed by atoms with E-state index in [9.17, 15) is 26.7 Å². The van der Waals surface area contributed by atoms with Gasteiger partial charge in [0.2, 0.25) is 0 Å². The van der Waals surface area contributed by atoms with Crippen molar-refractivity contribution < 1.29 is 31.9 Å². The minimum Gasteiger partial charge on any atom is -0.382 e. The first-order valence-electron chi connectivity index (χ1n) is 8.15. The maximum Gasteiger partial charge on any atom is 0.416 e. The Hall–Kier alpha value is -2.82. The number of likely N-dealkylation sites (N-methyl/N-ethyl adjacent to an activating group) is 1. The van der Waals surface area contributed by atoms with Crippen LogP contribution in [0.5, 0.6) is 0 Å². The van der Waals surface area contributed by atoms with Gasteiger partial charge in [-0.25, -0.2) is 18.6 Å². The Kier molecular flexibility index (Phi) is 6.84. The highest BCUT2D eigenvalue weighted by molar-refractivity contribution is 5.88. The fourth-order valence-corrected chi connectivity index (χ4v) is 2.29. The molecule has 2 rings (SSSR count). The van der Waals surface area contributed by atoms with Gasteiger partial charge in [-0.1, -0.05) is 0 Å². The standard InChI is InChI=1S/C17H17F5N4O2/c1-2-26(9-14(27)17(20,21)22)16(28)25-15-8-23-13(7-24-15)5-10-3-11(18)6-12(19)4-10/h3-4,6-8,14,27H,2,5,9H2,1H3,(H,24,25,28). The maximum absolute atomic E-state index is 13.2. The summed E-state index contributed by atoms with van der Waals surface area (Å²) in [7, 11) is 0. The second-order valence-corrected chi connectivity index (χ2v) is 5.87. The lowest BCUT2D eigenvalue weighted by atomic mass is 10.1. The Morgan fingerprint density at radius 3 is 2.32 bits per heavy atom. The van der Waals surface area contributed by atoms with Gasteiger partial charge in [-0.05, 0) is 24.6 Å². The zero-order valence-electron chi connectivity index (χ0n) is 14.7. The molecule has 0 aliphatic carbocycles. The first-order chi connectivity index (χ1) is 13.1. The number of hydrogen-bond acceptors (Lipinski definition) is 4. The first-order valence-corrected chi connectivity index (χ1v) is 8.15. The summed E-state index contributed by atoms with van der Waals surface area (Å²) in [4.78, 5) is 20.7. The molecule has 6 nitrogen and oxygen atoms in total. The number of nitrogens with zero attached hydrogens (tertiary/aromatic N) is 3. The normalized spacial score (nSPS) is 12.5. The Morgan fingerprint density at radius 1 is 1.18 bits per heavy atom. The Labute approximate surface area is 157 Å². The number of rotatable bonds is 6. The lowest BCUT2D eigenvalue weighted by Gasteiger charge is -2.25. The Balaban J connectivity index is 1.99. The smallest absolute Gasteiger partial charge is 0.382 e. The molecule has 1 aromatic heterocycles. The molecule has 0 saturated carbocycles. The van der Waals surface area contributed by atoms with Crippen LogP contribution in [0.2, 0.25) is 0 Å². The van der Waals surface area contributed by atoms with Gasteiger partial charge in [0.05, 0.1) is 24.6 Å². The molecule has 0 aliphatic heterocycles. The second-order valence-electron chi connectivity index (χ2n) is 5.87. The van der Waals surface area contributed by atoms with Crippen LogP contribution in [0.25, 0.3) is 0 Å². The number of carbonyl (C=O) groups is 1. The van der Waals surface area contributed by atoms with Crippen LogP contribution in [0, 0.1) is 11.6 Å². The van der Waals surface area contributed by atoms with Crippen molar-refractivity contribution in [3.63, 3.8) is 0 Å². The lowest BCUT2D eigenvalue weighted by Crippen LogP contribution is -2.45. The van der Waals surface area contributed by atoms with Crippen molar-refractivity contribution in [3.8, 4) is 0 Å². The zero-order chi connectivity index (χ0) is 20.9. The molecular formula is C17H17F5N4O2. The van der Waals surface area contributed by atoms with E-state index in [1.165, 1.54) is 13.1 Å². The molecule has 152 valence electrons.